The van der Waals surface area contributed by atoms with Gasteiger partial charge >= 0.3 is 0 Å². The standard InChI is InChI=1S/C15H23N3O2S/c1-3-9-16-12-14-13-7-5-6-8-15(13)18(17-14)10-11-21(19,20)4-2/h5-8,16H,3-4,9-12H2,1-2H3. The molecular formula is C15H23N3O2S. The highest BCUT2D eigenvalue weighted by Gasteiger charge is 2.13. The van der Waals surface area contributed by atoms with Crippen LogP contribution in [0.3, 0.4) is 0 Å². The Morgan fingerprint density at radius 2 is 2.00 bits per heavy atom. The zero-order valence-corrected chi connectivity index (χ0v) is 13.5. The van der Waals surface area contributed by atoms with Crippen LogP contribution < -0.4 is 5.32 Å². The van der Waals surface area contributed by atoms with Gasteiger partial charge in [-0.1, -0.05) is 32.0 Å². The molecule has 0 aliphatic rings. The number of para-hydroxylation sites is 1. The Morgan fingerprint density at radius 1 is 1.24 bits per heavy atom. The molecule has 0 aliphatic heterocycles. The van der Waals surface area contributed by atoms with E-state index in [0.29, 0.717) is 13.1 Å². The summed E-state index contributed by atoms with van der Waals surface area (Å²) in [6, 6.07) is 7.97. The summed E-state index contributed by atoms with van der Waals surface area (Å²) in [6.07, 6.45) is 1.08. The minimum atomic E-state index is -2.97. The lowest BCUT2D eigenvalue weighted by Gasteiger charge is -2.03. The van der Waals surface area contributed by atoms with Crippen molar-refractivity contribution in [3.63, 3.8) is 0 Å². The van der Waals surface area contributed by atoms with Gasteiger partial charge in [0.2, 0.25) is 0 Å². The van der Waals surface area contributed by atoms with E-state index in [-0.39, 0.29) is 11.5 Å². The number of fused-ring (bicyclic) bond motifs is 1. The lowest BCUT2D eigenvalue weighted by molar-refractivity contribution is 0.581. The molecule has 1 N–H and O–H groups in total. The van der Waals surface area contributed by atoms with Gasteiger partial charge in [-0.3, -0.25) is 4.68 Å². The van der Waals surface area contributed by atoms with Crippen LogP contribution in [-0.2, 0) is 22.9 Å². The lowest BCUT2D eigenvalue weighted by atomic mass is 10.2. The normalized spacial score (nSPS) is 12.1. The Labute approximate surface area is 126 Å². The summed E-state index contributed by atoms with van der Waals surface area (Å²) >= 11 is 0. The van der Waals surface area contributed by atoms with E-state index >= 15 is 0 Å². The van der Waals surface area contributed by atoms with Crippen molar-refractivity contribution in [3.8, 4) is 0 Å². The van der Waals surface area contributed by atoms with Crippen molar-refractivity contribution in [2.75, 3.05) is 18.1 Å². The van der Waals surface area contributed by atoms with Gasteiger partial charge in [0.25, 0.3) is 0 Å². The van der Waals surface area contributed by atoms with E-state index in [1.54, 1.807) is 6.92 Å². The molecule has 21 heavy (non-hydrogen) atoms. The van der Waals surface area contributed by atoms with Crippen LogP contribution in [0.4, 0.5) is 0 Å². The van der Waals surface area contributed by atoms with Crippen LogP contribution >= 0.6 is 0 Å². The van der Waals surface area contributed by atoms with Crippen molar-refractivity contribution in [1.82, 2.24) is 15.1 Å². The van der Waals surface area contributed by atoms with Gasteiger partial charge < -0.3 is 5.32 Å². The highest BCUT2D eigenvalue weighted by Crippen LogP contribution is 2.18. The van der Waals surface area contributed by atoms with Crippen molar-refractivity contribution in [3.05, 3.63) is 30.0 Å². The molecule has 0 atom stereocenters. The van der Waals surface area contributed by atoms with E-state index in [2.05, 4.69) is 17.3 Å². The first-order chi connectivity index (χ1) is 10.1. The third kappa shape index (κ3) is 4.04. The highest BCUT2D eigenvalue weighted by atomic mass is 32.2. The molecule has 6 heteroatoms. The van der Waals surface area contributed by atoms with Gasteiger partial charge in [-0.2, -0.15) is 5.10 Å². The van der Waals surface area contributed by atoms with Crippen LogP contribution in [0.15, 0.2) is 24.3 Å². The first kappa shape index (κ1) is 16.0. The topological polar surface area (TPSA) is 64.0 Å². The summed E-state index contributed by atoms with van der Waals surface area (Å²) in [5.41, 5.74) is 1.98. The molecule has 2 rings (SSSR count). The van der Waals surface area contributed by atoms with E-state index in [4.69, 9.17) is 0 Å². The van der Waals surface area contributed by atoms with E-state index in [1.165, 1.54) is 0 Å². The summed E-state index contributed by atoms with van der Waals surface area (Å²) in [5.74, 6) is 0.314. The first-order valence-corrected chi connectivity index (χ1v) is 9.25. The van der Waals surface area contributed by atoms with Crippen molar-refractivity contribution in [2.45, 2.75) is 33.4 Å². The molecule has 0 saturated heterocycles. The fourth-order valence-electron chi connectivity index (χ4n) is 2.25. The van der Waals surface area contributed by atoms with Crippen LogP contribution in [-0.4, -0.2) is 36.2 Å². The van der Waals surface area contributed by atoms with Crippen LogP contribution in [0.25, 0.3) is 10.9 Å². The molecule has 0 aliphatic carbocycles. The number of nitrogens with zero attached hydrogens (tertiary/aromatic N) is 2. The first-order valence-electron chi connectivity index (χ1n) is 7.43. The van der Waals surface area contributed by atoms with Crippen LogP contribution in [0, 0.1) is 0 Å². The van der Waals surface area contributed by atoms with Crippen LogP contribution in [0.5, 0.6) is 0 Å². The number of hydrogen-bond donors (Lipinski definition) is 1. The van der Waals surface area contributed by atoms with Crippen LogP contribution in [0.2, 0.25) is 0 Å². The third-order valence-corrected chi connectivity index (χ3v) is 5.19. The zero-order chi connectivity index (χ0) is 15.3. The summed E-state index contributed by atoms with van der Waals surface area (Å²) in [6.45, 7) is 5.87. The van der Waals surface area contributed by atoms with Gasteiger partial charge in [0.15, 0.2) is 9.84 Å². The van der Waals surface area contributed by atoms with Gasteiger partial charge in [0.1, 0.15) is 0 Å². The zero-order valence-electron chi connectivity index (χ0n) is 12.7. The Balaban J connectivity index is 2.23. The average Bonchev–Trinajstić information content (AvgIpc) is 2.84. The van der Waals surface area contributed by atoms with E-state index in [1.807, 2.05) is 28.9 Å². The maximum absolute atomic E-state index is 11.7. The van der Waals surface area contributed by atoms with Gasteiger partial charge in [-0.25, -0.2) is 8.42 Å². The Morgan fingerprint density at radius 3 is 2.71 bits per heavy atom. The Kier molecular flexibility index (Phi) is 5.36. The Bertz CT molecular complexity index is 692. The molecule has 1 aromatic carbocycles. The van der Waals surface area contributed by atoms with E-state index in [9.17, 15) is 8.42 Å². The van der Waals surface area contributed by atoms with Crippen molar-refractivity contribution in [2.24, 2.45) is 0 Å². The number of aryl methyl sites for hydroxylation is 1. The van der Waals surface area contributed by atoms with Crippen molar-refractivity contribution < 1.29 is 8.42 Å². The molecule has 1 heterocycles. The lowest BCUT2D eigenvalue weighted by Crippen LogP contribution is -2.17. The van der Waals surface area contributed by atoms with Gasteiger partial charge in [-0.05, 0) is 19.0 Å². The Hall–Kier alpha value is -1.40. The van der Waals surface area contributed by atoms with Gasteiger partial charge in [-0.15, -0.1) is 0 Å². The monoisotopic (exact) mass is 309 g/mol. The minimum Gasteiger partial charge on any atom is -0.311 e. The second-order valence-corrected chi connectivity index (χ2v) is 7.57. The molecule has 1 aromatic heterocycles. The molecule has 0 fully saturated rings. The predicted molar refractivity (Wildman–Crippen MR) is 86.1 cm³/mol. The number of sulfone groups is 1. The second kappa shape index (κ2) is 7.04. The quantitative estimate of drug-likeness (QED) is 0.757. The maximum Gasteiger partial charge on any atom is 0.151 e. The smallest absolute Gasteiger partial charge is 0.151 e. The number of rotatable bonds is 8. The summed E-state index contributed by atoms with van der Waals surface area (Å²) < 4.78 is 25.2. The number of aromatic nitrogens is 2. The number of benzene rings is 1. The number of nitrogens with one attached hydrogen (secondary N) is 1. The molecule has 0 bridgehead atoms. The molecule has 5 nitrogen and oxygen atoms in total. The molecule has 0 spiro atoms. The largest absolute Gasteiger partial charge is 0.311 e. The van der Waals surface area contributed by atoms with Crippen molar-refractivity contribution >= 4 is 20.7 Å². The van der Waals surface area contributed by atoms with E-state index in [0.717, 1.165) is 29.6 Å². The average molecular weight is 309 g/mol. The molecule has 0 unspecified atom stereocenters. The fraction of sp³-hybridized carbons (Fsp3) is 0.533. The predicted octanol–water partition coefficient (Wildman–Crippen LogP) is 1.97. The van der Waals surface area contributed by atoms with Crippen molar-refractivity contribution in [1.29, 1.82) is 0 Å². The second-order valence-electron chi connectivity index (χ2n) is 5.10. The molecule has 2 aromatic rings. The van der Waals surface area contributed by atoms with Crippen LogP contribution in [0.1, 0.15) is 26.0 Å². The summed E-state index contributed by atoms with van der Waals surface area (Å²) in [4.78, 5) is 0. The third-order valence-electron chi connectivity index (χ3n) is 3.51. The molecule has 0 radical (unpaired) electrons. The molecule has 0 saturated carbocycles. The van der Waals surface area contributed by atoms with E-state index < -0.39 is 9.84 Å². The maximum atomic E-state index is 11.7. The minimum absolute atomic E-state index is 0.136. The van der Waals surface area contributed by atoms with Gasteiger partial charge in [0, 0.05) is 17.7 Å². The molecule has 0 amide bonds. The number of hydrogen-bond acceptors (Lipinski definition) is 4. The SMILES string of the molecule is CCCNCc1nn(CCS(=O)(=O)CC)c2ccccc12. The summed E-state index contributed by atoms with van der Waals surface area (Å²) in [5, 5.41) is 9.03. The molecular weight excluding hydrogens is 286 g/mol. The highest BCUT2D eigenvalue weighted by molar-refractivity contribution is 7.91. The van der Waals surface area contributed by atoms with Gasteiger partial charge in [0.05, 0.1) is 23.5 Å². The molecule has 116 valence electrons. The summed E-state index contributed by atoms with van der Waals surface area (Å²) in [7, 11) is -2.97. The fourth-order valence-corrected chi connectivity index (χ4v) is 2.99.